The summed E-state index contributed by atoms with van der Waals surface area (Å²) in [5.74, 6) is 0.252. The molecule has 0 saturated carbocycles. The zero-order chi connectivity index (χ0) is 18.8. The van der Waals surface area contributed by atoms with Crippen LogP contribution < -0.4 is 5.32 Å². The first kappa shape index (κ1) is 19.3. The number of anilines is 1. The molecule has 1 N–H and O–H groups in total. The van der Waals surface area contributed by atoms with Crippen LogP contribution in [0, 0.1) is 19.8 Å². The van der Waals surface area contributed by atoms with Gasteiger partial charge in [-0.2, -0.15) is 0 Å². The molecule has 25 heavy (non-hydrogen) atoms. The summed E-state index contributed by atoms with van der Waals surface area (Å²) in [5, 5.41) is 3.03. The molecule has 1 saturated heterocycles. The summed E-state index contributed by atoms with van der Waals surface area (Å²) < 4.78 is 5.50. The zero-order valence-corrected chi connectivity index (χ0v) is 16.2. The Morgan fingerprint density at radius 1 is 1.20 bits per heavy atom. The van der Waals surface area contributed by atoms with Crippen LogP contribution in [0.2, 0.25) is 0 Å². The van der Waals surface area contributed by atoms with Gasteiger partial charge in [-0.25, -0.2) is 4.79 Å². The monoisotopic (exact) mass is 346 g/mol. The standard InChI is InChI=1S/C20H30N2O3/c1-13-10-11-22(19(24)25-20(4,5)6)16(12-13)18(23)21-17-14(2)8-7-9-15(17)3/h7-9,13,16H,10-12H2,1-6H3,(H,21,23)/t13-,16-/m1/s1. The minimum Gasteiger partial charge on any atom is -0.444 e. The van der Waals surface area contributed by atoms with Gasteiger partial charge in [-0.3, -0.25) is 9.69 Å². The molecule has 1 heterocycles. The smallest absolute Gasteiger partial charge is 0.410 e. The lowest BCUT2D eigenvalue weighted by molar-refractivity contribution is -0.123. The number of amides is 2. The van der Waals surface area contributed by atoms with Crippen molar-refractivity contribution in [2.75, 3.05) is 11.9 Å². The van der Waals surface area contributed by atoms with E-state index in [9.17, 15) is 9.59 Å². The number of benzene rings is 1. The fourth-order valence-corrected chi connectivity index (χ4v) is 3.15. The summed E-state index contributed by atoms with van der Waals surface area (Å²) in [6.45, 7) is 12.1. The fraction of sp³-hybridized carbons (Fsp3) is 0.600. The van der Waals surface area contributed by atoms with Crippen molar-refractivity contribution in [2.45, 2.75) is 66.0 Å². The molecule has 5 nitrogen and oxygen atoms in total. The van der Waals surface area contributed by atoms with Crippen LogP contribution in [0.3, 0.4) is 0 Å². The number of hydrogen-bond acceptors (Lipinski definition) is 3. The van der Waals surface area contributed by atoms with Gasteiger partial charge in [0.1, 0.15) is 11.6 Å². The summed E-state index contributed by atoms with van der Waals surface area (Å²) >= 11 is 0. The zero-order valence-electron chi connectivity index (χ0n) is 16.2. The Morgan fingerprint density at radius 2 is 1.80 bits per heavy atom. The molecule has 0 unspecified atom stereocenters. The van der Waals surface area contributed by atoms with Crippen molar-refractivity contribution >= 4 is 17.7 Å². The van der Waals surface area contributed by atoms with Crippen LogP contribution in [-0.4, -0.2) is 35.1 Å². The van der Waals surface area contributed by atoms with E-state index in [1.807, 2.05) is 52.8 Å². The summed E-state index contributed by atoms with van der Waals surface area (Å²) in [4.78, 5) is 27.1. The third kappa shape index (κ3) is 4.97. The van der Waals surface area contributed by atoms with Gasteiger partial charge in [0.2, 0.25) is 5.91 Å². The van der Waals surface area contributed by atoms with E-state index in [-0.39, 0.29) is 5.91 Å². The van der Waals surface area contributed by atoms with Crippen molar-refractivity contribution in [2.24, 2.45) is 5.92 Å². The van der Waals surface area contributed by atoms with Crippen LogP contribution in [0.4, 0.5) is 10.5 Å². The molecule has 1 aromatic rings. The van der Waals surface area contributed by atoms with E-state index in [2.05, 4.69) is 12.2 Å². The predicted molar refractivity (Wildman–Crippen MR) is 99.7 cm³/mol. The predicted octanol–water partition coefficient (Wildman–Crippen LogP) is 4.28. The number of ether oxygens (including phenoxy) is 1. The van der Waals surface area contributed by atoms with Gasteiger partial charge >= 0.3 is 6.09 Å². The molecule has 2 rings (SSSR count). The normalized spacial score (nSPS) is 21.0. The van der Waals surface area contributed by atoms with Crippen molar-refractivity contribution in [3.05, 3.63) is 29.3 Å². The van der Waals surface area contributed by atoms with E-state index >= 15 is 0 Å². The second kappa shape index (κ2) is 7.46. The summed E-state index contributed by atoms with van der Waals surface area (Å²) in [6, 6.07) is 5.41. The van der Waals surface area contributed by atoms with Crippen molar-refractivity contribution in [1.29, 1.82) is 0 Å². The highest BCUT2D eigenvalue weighted by Crippen LogP contribution is 2.27. The fourth-order valence-electron chi connectivity index (χ4n) is 3.15. The molecule has 1 aliphatic rings. The second-order valence-corrected chi connectivity index (χ2v) is 8.08. The Bertz CT molecular complexity index is 629. The maximum atomic E-state index is 12.9. The number of piperidine rings is 1. The minimum atomic E-state index is -0.576. The van der Waals surface area contributed by atoms with Gasteiger partial charge in [-0.15, -0.1) is 0 Å². The van der Waals surface area contributed by atoms with Gasteiger partial charge in [0.05, 0.1) is 0 Å². The SMILES string of the molecule is Cc1cccc(C)c1NC(=O)[C@H]1C[C@H](C)CCN1C(=O)OC(C)(C)C. The average molecular weight is 346 g/mol. The highest BCUT2D eigenvalue weighted by Gasteiger charge is 2.37. The molecular formula is C20H30N2O3. The number of nitrogens with one attached hydrogen (secondary N) is 1. The van der Waals surface area contributed by atoms with Crippen LogP contribution in [0.1, 0.15) is 51.7 Å². The lowest BCUT2D eigenvalue weighted by Crippen LogP contribution is -2.53. The van der Waals surface area contributed by atoms with Gasteiger partial charge < -0.3 is 10.1 Å². The quantitative estimate of drug-likeness (QED) is 0.869. The summed E-state index contributed by atoms with van der Waals surface area (Å²) in [7, 11) is 0. The van der Waals surface area contributed by atoms with Crippen molar-refractivity contribution in [3.8, 4) is 0 Å². The molecule has 1 aromatic carbocycles. The molecule has 5 heteroatoms. The van der Waals surface area contributed by atoms with E-state index in [0.717, 1.165) is 23.2 Å². The topological polar surface area (TPSA) is 58.6 Å². The Labute approximate surface area is 150 Å². The van der Waals surface area contributed by atoms with E-state index in [0.29, 0.717) is 18.9 Å². The molecule has 0 bridgehead atoms. The third-order valence-corrected chi connectivity index (χ3v) is 4.52. The number of carbonyl (C=O) groups excluding carboxylic acids is 2. The molecule has 138 valence electrons. The van der Waals surface area contributed by atoms with Crippen molar-refractivity contribution < 1.29 is 14.3 Å². The van der Waals surface area contributed by atoms with E-state index in [4.69, 9.17) is 4.74 Å². The number of rotatable bonds is 2. The first-order valence-corrected chi connectivity index (χ1v) is 8.95. The molecule has 0 radical (unpaired) electrons. The maximum absolute atomic E-state index is 12.9. The van der Waals surface area contributed by atoms with Crippen LogP contribution in [0.25, 0.3) is 0 Å². The van der Waals surface area contributed by atoms with Crippen molar-refractivity contribution in [1.82, 2.24) is 4.90 Å². The molecule has 2 atom stereocenters. The summed E-state index contributed by atoms with van der Waals surface area (Å²) in [5.41, 5.74) is 2.28. The minimum absolute atomic E-state index is 0.144. The Hall–Kier alpha value is -2.04. The number of para-hydroxylation sites is 1. The number of aryl methyl sites for hydroxylation is 2. The first-order valence-electron chi connectivity index (χ1n) is 8.95. The molecule has 1 aliphatic heterocycles. The van der Waals surface area contributed by atoms with Crippen LogP contribution in [-0.2, 0) is 9.53 Å². The van der Waals surface area contributed by atoms with Crippen molar-refractivity contribution in [3.63, 3.8) is 0 Å². The highest BCUT2D eigenvalue weighted by molar-refractivity contribution is 5.97. The van der Waals surface area contributed by atoms with Gasteiger partial charge in [-0.1, -0.05) is 25.1 Å². The molecular weight excluding hydrogens is 316 g/mol. The van der Waals surface area contributed by atoms with Gasteiger partial charge in [0, 0.05) is 12.2 Å². The number of likely N-dealkylation sites (tertiary alicyclic amines) is 1. The lowest BCUT2D eigenvalue weighted by Gasteiger charge is -2.38. The first-order chi connectivity index (χ1) is 11.6. The third-order valence-electron chi connectivity index (χ3n) is 4.52. The van der Waals surface area contributed by atoms with Crippen LogP contribution in [0.15, 0.2) is 18.2 Å². The molecule has 2 amide bonds. The molecule has 0 aromatic heterocycles. The highest BCUT2D eigenvalue weighted by atomic mass is 16.6. The van der Waals surface area contributed by atoms with Crippen LogP contribution >= 0.6 is 0 Å². The Kier molecular flexibility index (Phi) is 5.76. The molecule has 1 fully saturated rings. The summed E-state index contributed by atoms with van der Waals surface area (Å²) in [6.07, 6.45) is 1.11. The van der Waals surface area contributed by atoms with Gasteiger partial charge in [0.25, 0.3) is 0 Å². The van der Waals surface area contributed by atoms with Gasteiger partial charge in [-0.05, 0) is 64.5 Å². The van der Waals surface area contributed by atoms with E-state index < -0.39 is 17.7 Å². The number of carbonyl (C=O) groups is 2. The second-order valence-electron chi connectivity index (χ2n) is 8.08. The van der Waals surface area contributed by atoms with E-state index in [1.165, 1.54) is 0 Å². The Morgan fingerprint density at radius 3 is 2.36 bits per heavy atom. The number of nitrogens with zero attached hydrogens (tertiary/aromatic N) is 1. The average Bonchev–Trinajstić information content (AvgIpc) is 2.49. The number of hydrogen-bond donors (Lipinski definition) is 1. The lowest BCUT2D eigenvalue weighted by atomic mass is 9.92. The van der Waals surface area contributed by atoms with Crippen LogP contribution in [0.5, 0.6) is 0 Å². The largest absolute Gasteiger partial charge is 0.444 e. The molecule has 0 spiro atoms. The van der Waals surface area contributed by atoms with E-state index in [1.54, 1.807) is 4.90 Å². The van der Waals surface area contributed by atoms with Gasteiger partial charge in [0.15, 0.2) is 0 Å². The Balaban J connectivity index is 2.19. The molecule has 0 aliphatic carbocycles. The maximum Gasteiger partial charge on any atom is 0.410 e.